The molecule has 1 aliphatic rings. The number of nitrogens with zero attached hydrogens (tertiary/aromatic N) is 1. The molecule has 1 amide bonds. The fraction of sp³-hybridized carbons (Fsp3) is 0.0769. The van der Waals surface area contributed by atoms with E-state index in [0.717, 1.165) is 5.56 Å². The molecule has 1 saturated heterocycles. The normalized spacial score (nSPS) is 18.3. The first-order valence-electron chi connectivity index (χ1n) is 5.30. The maximum absolute atomic E-state index is 11.7. The van der Waals surface area contributed by atoms with Crippen LogP contribution >= 0.6 is 24.0 Å². The molecular formula is C13H11NO2S2. The van der Waals surface area contributed by atoms with Crippen LogP contribution in [-0.2, 0) is 4.79 Å². The molecule has 0 saturated carbocycles. The van der Waals surface area contributed by atoms with Gasteiger partial charge in [0.05, 0.1) is 4.91 Å². The molecule has 0 radical (unpaired) electrons. The molecule has 0 spiro atoms. The summed E-state index contributed by atoms with van der Waals surface area (Å²) in [6, 6.07) is 9.80. The zero-order valence-corrected chi connectivity index (χ0v) is 11.1. The van der Waals surface area contributed by atoms with Crippen LogP contribution in [0.2, 0.25) is 0 Å². The lowest BCUT2D eigenvalue weighted by atomic mass is 10.2. The van der Waals surface area contributed by atoms with E-state index in [4.69, 9.17) is 17.3 Å². The summed E-state index contributed by atoms with van der Waals surface area (Å²) in [7, 11) is 0. The standard InChI is InChI=1S/C13H11NO2S2/c15-9-14-12(16)11(18-13(14)17)8-4-7-10-5-2-1-3-6-10/h1-8,15H,9H2/b7-4-,11-8-. The van der Waals surface area contributed by atoms with Crippen molar-refractivity contribution in [1.82, 2.24) is 4.90 Å². The SMILES string of the molecule is O=C1/C(=C/C=C\c2ccccc2)SC(=S)N1CO. The minimum absolute atomic E-state index is 0.245. The van der Waals surface area contributed by atoms with Gasteiger partial charge in [0.2, 0.25) is 0 Å². The molecule has 0 aliphatic carbocycles. The summed E-state index contributed by atoms with van der Waals surface area (Å²) >= 11 is 6.18. The van der Waals surface area contributed by atoms with Crippen molar-refractivity contribution in [2.45, 2.75) is 0 Å². The summed E-state index contributed by atoms with van der Waals surface area (Å²) in [6.45, 7) is -0.371. The highest BCUT2D eigenvalue weighted by Crippen LogP contribution is 2.30. The molecule has 1 N–H and O–H groups in total. The Morgan fingerprint density at radius 1 is 1.33 bits per heavy atom. The van der Waals surface area contributed by atoms with E-state index in [1.54, 1.807) is 12.2 Å². The third-order valence-electron chi connectivity index (χ3n) is 2.35. The third kappa shape index (κ3) is 2.87. The molecule has 1 heterocycles. The van der Waals surface area contributed by atoms with Crippen LogP contribution in [0.1, 0.15) is 5.56 Å². The fourth-order valence-corrected chi connectivity index (χ4v) is 2.64. The van der Waals surface area contributed by atoms with Gasteiger partial charge in [-0.2, -0.15) is 0 Å². The Hall–Kier alpha value is -1.43. The van der Waals surface area contributed by atoms with Crippen molar-refractivity contribution in [3.63, 3.8) is 0 Å². The Balaban J connectivity index is 2.09. The van der Waals surface area contributed by atoms with E-state index in [0.29, 0.717) is 9.23 Å². The van der Waals surface area contributed by atoms with Crippen LogP contribution in [0.15, 0.2) is 47.4 Å². The first-order valence-corrected chi connectivity index (χ1v) is 6.53. The Bertz CT molecular complexity index is 523. The molecule has 1 fully saturated rings. The van der Waals surface area contributed by atoms with Crippen LogP contribution in [0.3, 0.4) is 0 Å². The van der Waals surface area contributed by atoms with Gasteiger partial charge >= 0.3 is 0 Å². The summed E-state index contributed by atoms with van der Waals surface area (Å²) in [6.07, 6.45) is 5.42. The zero-order chi connectivity index (χ0) is 13.0. The Morgan fingerprint density at radius 2 is 2.06 bits per heavy atom. The zero-order valence-electron chi connectivity index (χ0n) is 9.45. The average molecular weight is 277 g/mol. The number of hydrogen-bond acceptors (Lipinski definition) is 4. The summed E-state index contributed by atoms with van der Waals surface area (Å²) < 4.78 is 0.391. The summed E-state index contributed by atoms with van der Waals surface area (Å²) in [4.78, 5) is 13.4. The van der Waals surface area contributed by atoms with Crippen molar-refractivity contribution in [3.8, 4) is 0 Å². The van der Waals surface area contributed by atoms with E-state index in [9.17, 15) is 4.79 Å². The van der Waals surface area contributed by atoms with Crippen LogP contribution in [-0.4, -0.2) is 27.0 Å². The Kier molecular flexibility index (Phi) is 4.30. The van der Waals surface area contributed by atoms with Crippen molar-refractivity contribution >= 4 is 40.3 Å². The van der Waals surface area contributed by atoms with Gasteiger partial charge in [-0.3, -0.25) is 9.69 Å². The number of aliphatic hydroxyl groups excluding tert-OH is 1. The predicted molar refractivity (Wildman–Crippen MR) is 77.7 cm³/mol. The van der Waals surface area contributed by atoms with Gasteiger partial charge in [-0.1, -0.05) is 66.5 Å². The van der Waals surface area contributed by atoms with E-state index in [-0.39, 0.29) is 12.6 Å². The molecule has 5 heteroatoms. The highest BCUT2D eigenvalue weighted by atomic mass is 32.2. The molecule has 0 atom stereocenters. The van der Waals surface area contributed by atoms with Gasteiger partial charge in [0.1, 0.15) is 11.1 Å². The van der Waals surface area contributed by atoms with Gasteiger partial charge in [0.25, 0.3) is 5.91 Å². The first-order chi connectivity index (χ1) is 8.72. The van der Waals surface area contributed by atoms with Gasteiger partial charge in [-0.15, -0.1) is 0 Å². The number of carbonyl (C=O) groups excluding carboxylic acids is 1. The lowest BCUT2D eigenvalue weighted by Gasteiger charge is -2.08. The Labute approximate surface area is 115 Å². The number of carbonyl (C=O) groups is 1. The molecule has 2 rings (SSSR count). The van der Waals surface area contributed by atoms with Crippen molar-refractivity contribution in [2.24, 2.45) is 0 Å². The van der Waals surface area contributed by atoms with Gasteiger partial charge in [0.15, 0.2) is 0 Å². The minimum Gasteiger partial charge on any atom is -0.376 e. The molecule has 3 nitrogen and oxygen atoms in total. The van der Waals surface area contributed by atoms with E-state index in [1.807, 2.05) is 36.4 Å². The number of allylic oxidation sites excluding steroid dienone is 2. The molecular weight excluding hydrogens is 266 g/mol. The third-order valence-corrected chi connectivity index (χ3v) is 3.75. The van der Waals surface area contributed by atoms with E-state index in [2.05, 4.69) is 0 Å². The van der Waals surface area contributed by atoms with E-state index in [1.165, 1.54) is 16.7 Å². The molecule has 0 aromatic heterocycles. The molecule has 1 aromatic carbocycles. The number of aliphatic hydroxyl groups is 1. The maximum Gasteiger partial charge on any atom is 0.268 e. The highest BCUT2D eigenvalue weighted by molar-refractivity contribution is 8.26. The van der Waals surface area contributed by atoms with Crippen LogP contribution in [0, 0.1) is 0 Å². The molecule has 0 bridgehead atoms. The number of thioether (sulfide) groups is 1. The fourth-order valence-electron chi connectivity index (χ4n) is 1.45. The lowest BCUT2D eigenvalue weighted by Crippen LogP contribution is -2.28. The maximum atomic E-state index is 11.7. The largest absolute Gasteiger partial charge is 0.376 e. The number of hydrogen-bond donors (Lipinski definition) is 1. The number of amides is 1. The lowest BCUT2D eigenvalue weighted by molar-refractivity contribution is -0.124. The predicted octanol–water partition coefficient (Wildman–Crippen LogP) is 2.39. The second kappa shape index (κ2) is 5.95. The van der Waals surface area contributed by atoms with Crippen molar-refractivity contribution in [2.75, 3.05) is 6.73 Å². The molecule has 18 heavy (non-hydrogen) atoms. The van der Waals surface area contributed by atoms with Gasteiger partial charge in [-0.05, 0) is 11.6 Å². The van der Waals surface area contributed by atoms with Crippen molar-refractivity contribution < 1.29 is 9.90 Å². The number of rotatable bonds is 3. The van der Waals surface area contributed by atoms with Crippen LogP contribution in [0.25, 0.3) is 6.08 Å². The van der Waals surface area contributed by atoms with Crippen LogP contribution < -0.4 is 0 Å². The van der Waals surface area contributed by atoms with E-state index < -0.39 is 0 Å². The Morgan fingerprint density at radius 3 is 2.67 bits per heavy atom. The first kappa shape index (κ1) is 13.0. The van der Waals surface area contributed by atoms with Gasteiger partial charge in [0, 0.05) is 0 Å². The van der Waals surface area contributed by atoms with Crippen molar-refractivity contribution in [3.05, 3.63) is 53.0 Å². The van der Waals surface area contributed by atoms with Crippen LogP contribution in [0.4, 0.5) is 0 Å². The van der Waals surface area contributed by atoms with Gasteiger partial charge < -0.3 is 5.11 Å². The van der Waals surface area contributed by atoms with Gasteiger partial charge in [-0.25, -0.2) is 0 Å². The smallest absolute Gasteiger partial charge is 0.268 e. The summed E-state index contributed by atoms with van der Waals surface area (Å²) in [5.74, 6) is -0.245. The summed E-state index contributed by atoms with van der Waals surface area (Å²) in [5.41, 5.74) is 1.06. The summed E-state index contributed by atoms with van der Waals surface area (Å²) in [5, 5.41) is 8.99. The number of benzene rings is 1. The number of thiocarbonyl (C=S) groups is 1. The highest BCUT2D eigenvalue weighted by Gasteiger charge is 2.30. The average Bonchev–Trinajstić information content (AvgIpc) is 2.65. The minimum atomic E-state index is -0.371. The molecule has 92 valence electrons. The second-order valence-electron chi connectivity index (χ2n) is 3.54. The second-order valence-corrected chi connectivity index (χ2v) is 5.22. The topological polar surface area (TPSA) is 40.5 Å². The van der Waals surface area contributed by atoms with Crippen molar-refractivity contribution in [1.29, 1.82) is 0 Å². The molecule has 1 aliphatic heterocycles. The molecule has 0 unspecified atom stereocenters. The monoisotopic (exact) mass is 277 g/mol. The van der Waals surface area contributed by atoms with Crippen LogP contribution in [0.5, 0.6) is 0 Å². The quantitative estimate of drug-likeness (QED) is 0.680. The van der Waals surface area contributed by atoms with E-state index >= 15 is 0 Å². The molecule has 1 aromatic rings.